The number of carbonyl (C=O) groups excluding carboxylic acids is 1. The summed E-state index contributed by atoms with van der Waals surface area (Å²) in [7, 11) is 1.55. The van der Waals surface area contributed by atoms with Crippen molar-refractivity contribution in [1.29, 1.82) is 0 Å². The van der Waals surface area contributed by atoms with Crippen LogP contribution in [-0.2, 0) is 11.3 Å². The molecule has 25 heavy (non-hydrogen) atoms. The molecule has 0 saturated heterocycles. The van der Waals surface area contributed by atoms with Gasteiger partial charge in [0.25, 0.3) is 5.91 Å². The molecule has 0 aliphatic carbocycles. The fraction of sp³-hybridized carbons (Fsp3) is 0.333. The Morgan fingerprint density at radius 3 is 2.80 bits per heavy atom. The van der Waals surface area contributed by atoms with Crippen molar-refractivity contribution in [3.63, 3.8) is 0 Å². The Morgan fingerprint density at radius 1 is 1.20 bits per heavy atom. The number of nitrogens with zero attached hydrogens (tertiary/aromatic N) is 1. The number of pyridine rings is 1. The largest absolute Gasteiger partial charge is 0.493 e. The maximum absolute atomic E-state index is 10.8. The van der Waals surface area contributed by atoms with E-state index in [-0.39, 0.29) is 6.61 Å². The molecule has 3 N–H and O–H groups in total. The molecule has 0 aliphatic heterocycles. The first-order chi connectivity index (χ1) is 12.2. The van der Waals surface area contributed by atoms with Gasteiger partial charge in [0.15, 0.2) is 18.1 Å². The highest BCUT2D eigenvalue weighted by molar-refractivity contribution is 5.75. The fourth-order valence-electron chi connectivity index (χ4n) is 2.13. The summed E-state index contributed by atoms with van der Waals surface area (Å²) in [5.41, 5.74) is 6.13. The van der Waals surface area contributed by atoms with Crippen LogP contribution >= 0.6 is 0 Å². The molecule has 0 fully saturated rings. The zero-order valence-electron chi connectivity index (χ0n) is 14.2. The molecule has 2 aromatic rings. The van der Waals surface area contributed by atoms with Gasteiger partial charge in [0, 0.05) is 18.8 Å². The Morgan fingerprint density at radius 2 is 2.08 bits per heavy atom. The summed E-state index contributed by atoms with van der Waals surface area (Å²) in [6.45, 7) is 1.93. The standard InChI is InChI=1S/C18H23N3O4/c1-23-16-11-14(6-7-15(16)25-13-17(19)22)12-20-8-4-10-24-18-5-2-3-9-21-18/h2-3,5-7,9,11,20H,4,8,10,12-13H2,1H3,(H2,19,22). The van der Waals surface area contributed by atoms with Crippen molar-refractivity contribution in [2.24, 2.45) is 5.73 Å². The van der Waals surface area contributed by atoms with Gasteiger partial charge >= 0.3 is 0 Å². The highest BCUT2D eigenvalue weighted by Gasteiger charge is 2.07. The van der Waals surface area contributed by atoms with E-state index in [1.807, 2.05) is 30.3 Å². The van der Waals surface area contributed by atoms with E-state index in [9.17, 15) is 4.79 Å². The predicted molar refractivity (Wildman–Crippen MR) is 93.7 cm³/mol. The number of hydrogen-bond donors (Lipinski definition) is 2. The van der Waals surface area contributed by atoms with Crippen LogP contribution < -0.4 is 25.3 Å². The van der Waals surface area contributed by atoms with Crippen LogP contribution in [0.3, 0.4) is 0 Å². The van der Waals surface area contributed by atoms with Gasteiger partial charge < -0.3 is 25.3 Å². The second kappa shape index (κ2) is 10.1. The van der Waals surface area contributed by atoms with Gasteiger partial charge in [0.2, 0.25) is 5.88 Å². The van der Waals surface area contributed by atoms with Crippen molar-refractivity contribution in [1.82, 2.24) is 10.3 Å². The molecule has 7 heteroatoms. The average molecular weight is 345 g/mol. The SMILES string of the molecule is COc1cc(CNCCCOc2ccccn2)ccc1OCC(N)=O. The minimum Gasteiger partial charge on any atom is -0.493 e. The monoisotopic (exact) mass is 345 g/mol. The Kier molecular flexibility index (Phi) is 7.52. The topological polar surface area (TPSA) is 95.7 Å². The lowest BCUT2D eigenvalue weighted by Crippen LogP contribution is -2.20. The first-order valence-corrected chi connectivity index (χ1v) is 8.01. The lowest BCUT2D eigenvalue weighted by atomic mass is 10.2. The number of aromatic nitrogens is 1. The molecule has 1 heterocycles. The van der Waals surface area contributed by atoms with Crippen molar-refractivity contribution >= 4 is 5.91 Å². The zero-order chi connectivity index (χ0) is 17.9. The van der Waals surface area contributed by atoms with Gasteiger partial charge in [-0.1, -0.05) is 12.1 Å². The number of nitrogens with one attached hydrogen (secondary N) is 1. The lowest BCUT2D eigenvalue weighted by molar-refractivity contribution is -0.119. The molecule has 0 bridgehead atoms. The van der Waals surface area contributed by atoms with Crippen LogP contribution in [0.4, 0.5) is 0 Å². The highest BCUT2D eigenvalue weighted by Crippen LogP contribution is 2.27. The quantitative estimate of drug-likeness (QED) is 0.600. The summed E-state index contributed by atoms with van der Waals surface area (Å²) in [6, 6.07) is 11.1. The summed E-state index contributed by atoms with van der Waals surface area (Å²) in [4.78, 5) is 14.9. The van der Waals surface area contributed by atoms with Gasteiger partial charge in [-0.25, -0.2) is 4.98 Å². The van der Waals surface area contributed by atoms with E-state index >= 15 is 0 Å². The fourth-order valence-corrected chi connectivity index (χ4v) is 2.13. The van der Waals surface area contributed by atoms with Crippen LogP contribution in [0.2, 0.25) is 0 Å². The summed E-state index contributed by atoms with van der Waals surface area (Å²) in [5, 5.41) is 3.34. The molecule has 1 aromatic heterocycles. The summed E-state index contributed by atoms with van der Waals surface area (Å²) < 4.78 is 16.1. The Hall–Kier alpha value is -2.80. The molecule has 0 radical (unpaired) electrons. The van der Waals surface area contributed by atoms with Crippen molar-refractivity contribution in [2.75, 3.05) is 26.9 Å². The Balaban J connectivity index is 1.70. The van der Waals surface area contributed by atoms with Gasteiger partial charge in [-0.2, -0.15) is 0 Å². The van der Waals surface area contributed by atoms with Gasteiger partial charge in [0.05, 0.1) is 13.7 Å². The third kappa shape index (κ3) is 6.68. The first kappa shape index (κ1) is 18.5. The van der Waals surface area contributed by atoms with Gasteiger partial charge in [-0.15, -0.1) is 0 Å². The molecule has 7 nitrogen and oxygen atoms in total. The maximum Gasteiger partial charge on any atom is 0.255 e. The van der Waals surface area contributed by atoms with Crippen LogP contribution in [0.1, 0.15) is 12.0 Å². The Labute approximate surface area is 147 Å². The van der Waals surface area contributed by atoms with E-state index in [0.717, 1.165) is 18.5 Å². The van der Waals surface area contributed by atoms with Gasteiger partial charge in [0.1, 0.15) is 0 Å². The molecule has 1 aromatic carbocycles. The normalized spacial score (nSPS) is 10.3. The summed E-state index contributed by atoms with van der Waals surface area (Å²) in [6.07, 6.45) is 2.57. The average Bonchev–Trinajstić information content (AvgIpc) is 2.64. The molecule has 2 rings (SSSR count). The first-order valence-electron chi connectivity index (χ1n) is 8.01. The Bertz CT molecular complexity index is 665. The van der Waals surface area contributed by atoms with Crippen LogP contribution in [0.25, 0.3) is 0 Å². The van der Waals surface area contributed by atoms with E-state index in [1.54, 1.807) is 19.4 Å². The smallest absolute Gasteiger partial charge is 0.255 e. The predicted octanol–water partition coefficient (Wildman–Crippen LogP) is 1.51. The molecular weight excluding hydrogens is 322 g/mol. The number of primary amides is 1. The summed E-state index contributed by atoms with van der Waals surface area (Å²) in [5.74, 6) is 1.17. The number of methoxy groups -OCH3 is 1. The molecular formula is C18H23N3O4. The molecule has 0 saturated carbocycles. The highest BCUT2D eigenvalue weighted by atomic mass is 16.5. The van der Waals surface area contributed by atoms with Crippen molar-refractivity contribution in [2.45, 2.75) is 13.0 Å². The second-order valence-electron chi connectivity index (χ2n) is 5.29. The van der Waals surface area contributed by atoms with Crippen LogP contribution in [0, 0.1) is 0 Å². The molecule has 134 valence electrons. The second-order valence-corrected chi connectivity index (χ2v) is 5.29. The molecule has 0 aliphatic rings. The lowest BCUT2D eigenvalue weighted by Gasteiger charge is -2.12. The minimum absolute atomic E-state index is 0.176. The number of ether oxygens (including phenoxy) is 3. The van der Waals surface area contributed by atoms with Crippen molar-refractivity contribution < 1.29 is 19.0 Å². The number of rotatable bonds is 11. The van der Waals surface area contributed by atoms with E-state index in [0.29, 0.717) is 30.5 Å². The molecule has 1 amide bonds. The molecule has 0 atom stereocenters. The van der Waals surface area contributed by atoms with Crippen LogP contribution in [-0.4, -0.2) is 37.8 Å². The minimum atomic E-state index is -0.527. The van der Waals surface area contributed by atoms with Crippen LogP contribution in [0.15, 0.2) is 42.6 Å². The third-order valence-electron chi connectivity index (χ3n) is 3.31. The maximum atomic E-state index is 10.8. The number of carbonyl (C=O) groups is 1. The molecule has 0 spiro atoms. The van der Waals surface area contributed by atoms with Gasteiger partial charge in [-0.3, -0.25) is 4.79 Å². The van der Waals surface area contributed by atoms with E-state index in [2.05, 4.69) is 10.3 Å². The molecule has 0 unspecified atom stereocenters. The van der Waals surface area contributed by atoms with E-state index in [4.69, 9.17) is 19.9 Å². The van der Waals surface area contributed by atoms with Crippen LogP contribution in [0.5, 0.6) is 17.4 Å². The van der Waals surface area contributed by atoms with Crippen molar-refractivity contribution in [3.8, 4) is 17.4 Å². The number of nitrogens with two attached hydrogens (primary N) is 1. The van der Waals surface area contributed by atoms with Gasteiger partial charge in [-0.05, 0) is 36.7 Å². The van der Waals surface area contributed by atoms with E-state index < -0.39 is 5.91 Å². The zero-order valence-corrected chi connectivity index (χ0v) is 14.2. The summed E-state index contributed by atoms with van der Waals surface area (Å²) >= 11 is 0. The van der Waals surface area contributed by atoms with Crippen molar-refractivity contribution in [3.05, 3.63) is 48.2 Å². The number of benzene rings is 1. The van der Waals surface area contributed by atoms with E-state index in [1.165, 1.54) is 0 Å². The third-order valence-corrected chi connectivity index (χ3v) is 3.31. The number of hydrogen-bond acceptors (Lipinski definition) is 6. The number of amides is 1.